The highest BCUT2D eigenvalue weighted by Gasteiger charge is 2.07. The number of hydrogen-bond acceptors (Lipinski definition) is 3. The van der Waals surface area contributed by atoms with Gasteiger partial charge in [-0.25, -0.2) is 5.10 Å². The third kappa shape index (κ3) is 2.49. The largest absolute Gasteiger partial charge is 0.315 e. The molecule has 0 unspecified atom stereocenters. The van der Waals surface area contributed by atoms with Crippen LogP contribution in [-0.2, 0) is 6.54 Å². The number of aromatic nitrogens is 2. The lowest BCUT2D eigenvalue weighted by Crippen LogP contribution is -2.19. The van der Waals surface area contributed by atoms with Gasteiger partial charge in [-0.3, -0.25) is 4.79 Å². The molecule has 0 bridgehead atoms. The summed E-state index contributed by atoms with van der Waals surface area (Å²) >= 11 is 0. The van der Waals surface area contributed by atoms with Gasteiger partial charge >= 0.3 is 0 Å². The molecule has 2 N–H and O–H groups in total. The fraction of sp³-hybridized carbons (Fsp3) is 0.286. The average molecular weight is 243 g/mol. The van der Waals surface area contributed by atoms with Crippen LogP contribution in [0.3, 0.4) is 0 Å². The quantitative estimate of drug-likeness (QED) is 0.863. The number of nitrogens with one attached hydrogen (secondary N) is 2. The topological polar surface area (TPSA) is 57.8 Å². The molecule has 0 spiro atoms. The van der Waals surface area contributed by atoms with Crippen molar-refractivity contribution in [3.8, 4) is 11.3 Å². The standard InChI is InChI=1S/C14H17N3O/c1-9-4-5-10(2)12(6-9)13-7-11(8-15-3)14(18)17-16-13/h4-7,15H,8H2,1-3H3,(H,17,18). The first-order valence-electron chi connectivity index (χ1n) is 5.92. The van der Waals surface area contributed by atoms with E-state index in [2.05, 4.69) is 33.7 Å². The van der Waals surface area contributed by atoms with E-state index in [0.29, 0.717) is 12.1 Å². The Balaban J connectivity index is 2.54. The Morgan fingerprint density at radius 2 is 2.06 bits per heavy atom. The highest BCUT2D eigenvalue weighted by molar-refractivity contribution is 5.64. The molecule has 0 amide bonds. The normalized spacial score (nSPS) is 10.6. The second-order valence-electron chi connectivity index (χ2n) is 4.46. The predicted molar refractivity (Wildman–Crippen MR) is 72.5 cm³/mol. The Labute approximate surface area is 106 Å². The van der Waals surface area contributed by atoms with Crippen molar-refractivity contribution in [2.24, 2.45) is 0 Å². The van der Waals surface area contributed by atoms with Crippen molar-refractivity contribution in [3.63, 3.8) is 0 Å². The van der Waals surface area contributed by atoms with E-state index in [0.717, 1.165) is 16.8 Å². The molecule has 94 valence electrons. The van der Waals surface area contributed by atoms with Gasteiger partial charge in [-0.05, 0) is 38.6 Å². The molecular formula is C14H17N3O. The minimum Gasteiger partial charge on any atom is -0.315 e. The summed E-state index contributed by atoms with van der Waals surface area (Å²) in [6.07, 6.45) is 0. The van der Waals surface area contributed by atoms with Gasteiger partial charge in [-0.15, -0.1) is 0 Å². The number of aromatic amines is 1. The number of nitrogens with zero attached hydrogens (tertiary/aromatic N) is 1. The van der Waals surface area contributed by atoms with Crippen molar-refractivity contribution in [2.45, 2.75) is 20.4 Å². The fourth-order valence-corrected chi connectivity index (χ4v) is 1.92. The van der Waals surface area contributed by atoms with Crippen LogP contribution < -0.4 is 10.9 Å². The van der Waals surface area contributed by atoms with Crippen molar-refractivity contribution >= 4 is 0 Å². The number of hydrogen-bond donors (Lipinski definition) is 2. The van der Waals surface area contributed by atoms with Crippen LogP contribution in [0.4, 0.5) is 0 Å². The van der Waals surface area contributed by atoms with Crippen LogP contribution in [0.2, 0.25) is 0 Å². The van der Waals surface area contributed by atoms with Crippen molar-refractivity contribution in [3.05, 3.63) is 51.3 Å². The molecule has 4 heteroatoms. The van der Waals surface area contributed by atoms with Crippen molar-refractivity contribution in [2.75, 3.05) is 7.05 Å². The molecule has 0 aliphatic rings. The van der Waals surface area contributed by atoms with Gasteiger partial charge in [0.15, 0.2) is 0 Å². The molecule has 4 nitrogen and oxygen atoms in total. The first kappa shape index (κ1) is 12.5. The van der Waals surface area contributed by atoms with E-state index in [1.807, 2.05) is 27.0 Å². The Kier molecular flexibility index (Phi) is 3.58. The monoisotopic (exact) mass is 243 g/mol. The smallest absolute Gasteiger partial charge is 0.268 e. The average Bonchev–Trinajstić information content (AvgIpc) is 2.35. The first-order valence-corrected chi connectivity index (χ1v) is 5.92. The van der Waals surface area contributed by atoms with Crippen LogP contribution in [0.5, 0.6) is 0 Å². The Morgan fingerprint density at radius 1 is 1.28 bits per heavy atom. The van der Waals surface area contributed by atoms with Crippen LogP contribution >= 0.6 is 0 Å². The minimum absolute atomic E-state index is 0.140. The van der Waals surface area contributed by atoms with E-state index >= 15 is 0 Å². The lowest BCUT2D eigenvalue weighted by Gasteiger charge is -2.07. The molecule has 0 aliphatic heterocycles. The number of aryl methyl sites for hydroxylation is 2. The SMILES string of the molecule is CNCc1cc(-c2cc(C)ccc2C)n[nH]c1=O. The highest BCUT2D eigenvalue weighted by atomic mass is 16.1. The minimum atomic E-state index is -0.140. The Bertz CT molecular complexity index is 617. The number of benzene rings is 1. The van der Waals surface area contributed by atoms with Crippen molar-refractivity contribution < 1.29 is 0 Å². The lowest BCUT2D eigenvalue weighted by atomic mass is 10.0. The summed E-state index contributed by atoms with van der Waals surface area (Å²) in [4.78, 5) is 11.6. The zero-order chi connectivity index (χ0) is 13.1. The van der Waals surface area contributed by atoms with E-state index in [-0.39, 0.29) is 5.56 Å². The van der Waals surface area contributed by atoms with Crippen molar-refractivity contribution in [1.82, 2.24) is 15.5 Å². The summed E-state index contributed by atoms with van der Waals surface area (Å²) < 4.78 is 0. The van der Waals surface area contributed by atoms with Crippen LogP contribution in [0.15, 0.2) is 29.1 Å². The molecule has 1 aromatic carbocycles. The fourth-order valence-electron chi connectivity index (χ4n) is 1.92. The summed E-state index contributed by atoms with van der Waals surface area (Å²) in [5, 5.41) is 9.66. The molecule has 1 heterocycles. The third-order valence-electron chi connectivity index (χ3n) is 2.92. The Hall–Kier alpha value is -1.94. The van der Waals surface area contributed by atoms with E-state index in [9.17, 15) is 4.79 Å². The molecule has 0 aliphatic carbocycles. The maximum absolute atomic E-state index is 11.6. The third-order valence-corrected chi connectivity index (χ3v) is 2.92. The molecule has 0 fully saturated rings. The van der Waals surface area contributed by atoms with Crippen LogP contribution in [0, 0.1) is 13.8 Å². The molecule has 0 atom stereocenters. The zero-order valence-corrected chi connectivity index (χ0v) is 10.9. The predicted octanol–water partition coefficient (Wildman–Crippen LogP) is 1.77. The van der Waals surface area contributed by atoms with Crippen LogP contribution in [0.1, 0.15) is 16.7 Å². The van der Waals surface area contributed by atoms with E-state index < -0.39 is 0 Å². The van der Waals surface area contributed by atoms with Crippen molar-refractivity contribution in [1.29, 1.82) is 0 Å². The maximum atomic E-state index is 11.6. The van der Waals surface area contributed by atoms with Gasteiger partial charge in [0.1, 0.15) is 0 Å². The first-order chi connectivity index (χ1) is 8.61. The highest BCUT2D eigenvalue weighted by Crippen LogP contribution is 2.22. The maximum Gasteiger partial charge on any atom is 0.268 e. The van der Waals surface area contributed by atoms with Gasteiger partial charge < -0.3 is 5.32 Å². The van der Waals surface area contributed by atoms with Crippen LogP contribution in [-0.4, -0.2) is 17.2 Å². The van der Waals surface area contributed by atoms with Gasteiger partial charge in [0.05, 0.1) is 5.69 Å². The molecule has 2 aromatic rings. The second kappa shape index (κ2) is 5.14. The summed E-state index contributed by atoms with van der Waals surface area (Å²) in [6.45, 7) is 4.62. The van der Waals surface area contributed by atoms with Gasteiger partial charge in [0, 0.05) is 17.7 Å². The van der Waals surface area contributed by atoms with Gasteiger partial charge in [0.2, 0.25) is 0 Å². The number of rotatable bonds is 3. The van der Waals surface area contributed by atoms with Crippen LogP contribution in [0.25, 0.3) is 11.3 Å². The summed E-state index contributed by atoms with van der Waals surface area (Å²) in [7, 11) is 1.82. The Morgan fingerprint density at radius 3 is 2.78 bits per heavy atom. The van der Waals surface area contributed by atoms with E-state index in [1.165, 1.54) is 5.56 Å². The van der Waals surface area contributed by atoms with Gasteiger partial charge in [0.25, 0.3) is 5.56 Å². The molecule has 0 saturated heterocycles. The number of H-pyrrole nitrogens is 1. The van der Waals surface area contributed by atoms with E-state index in [4.69, 9.17) is 0 Å². The molecular weight excluding hydrogens is 226 g/mol. The summed E-state index contributed by atoms with van der Waals surface area (Å²) in [5.74, 6) is 0. The molecule has 1 aromatic heterocycles. The second-order valence-corrected chi connectivity index (χ2v) is 4.46. The molecule has 0 saturated carbocycles. The van der Waals surface area contributed by atoms with Gasteiger partial charge in [-0.2, -0.15) is 5.10 Å². The zero-order valence-electron chi connectivity index (χ0n) is 10.9. The van der Waals surface area contributed by atoms with Gasteiger partial charge in [-0.1, -0.05) is 17.7 Å². The molecule has 2 rings (SSSR count). The lowest BCUT2D eigenvalue weighted by molar-refractivity contribution is 0.793. The van der Waals surface area contributed by atoms with E-state index in [1.54, 1.807) is 0 Å². The summed E-state index contributed by atoms with van der Waals surface area (Å²) in [5.41, 5.74) is 4.75. The summed E-state index contributed by atoms with van der Waals surface area (Å²) in [6, 6.07) is 8.06. The molecule has 0 radical (unpaired) electrons. The molecule has 18 heavy (non-hydrogen) atoms.